The van der Waals surface area contributed by atoms with Crippen molar-refractivity contribution in [1.29, 1.82) is 0 Å². The van der Waals surface area contributed by atoms with E-state index in [1.54, 1.807) is 7.05 Å². The van der Waals surface area contributed by atoms with E-state index in [1.165, 1.54) is 12.1 Å². The highest BCUT2D eigenvalue weighted by atomic mass is 16.6. The molecule has 0 spiro atoms. The minimum atomic E-state index is -0.445. The van der Waals surface area contributed by atoms with Gasteiger partial charge in [0.25, 0.3) is 5.69 Å². The Balaban J connectivity index is 2.75. The van der Waals surface area contributed by atoms with Gasteiger partial charge in [0.2, 0.25) is 0 Å². The molecule has 0 amide bonds. The van der Waals surface area contributed by atoms with Crippen molar-refractivity contribution >= 4 is 17.3 Å². The predicted molar refractivity (Wildman–Crippen MR) is 70.0 cm³/mol. The minimum Gasteiger partial charge on any atom is -0.377 e. The molecule has 0 saturated carbocycles. The Bertz CT molecular complexity index is 411. The van der Waals surface area contributed by atoms with Gasteiger partial charge in [-0.05, 0) is 13.8 Å². The predicted octanol–water partition coefficient (Wildman–Crippen LogP) is 1.87. The van der Waals surface area contributed by atoms with Gasteiger partial charge in [-0.25, -0.2) is 4.98 Å². The molecular formula is C11H18N4O3. The molecule has 1 aromatic rings. The van der Waals surface area contributed by atoms with Gasteiger partial charge in [0.15, 0.2) is 0 Å². The van der Waals surface area contributed by atoms with E-state index in [0.717, 1.165) is 0 Å². The first kappa shape index (κ1) is 14.2. The third-order valence-electron chi connectivity index (χ3n) is 2.30. The lowest BCUT2D eigenvalue weighted by Gasteiger charge is -2.13. The second-order valence-electron chi connectivity index (χ2n) is 3.75. The fourth-order valence-electron chi connectivity index (χ4n) is 1.43. The third-order valence-corrected chi connectivity index (χ3v) is 2.30. The molecule has 0 bridgehead atoms. The highest BCUT2D eigenvalue weighted by Crippen LogP contribution is 2.20. The molecule has 7 nitrogen and oxygen atoms in total. The maximum atomic E-state index is 10.8. The zero-order valence-electron chi connectivity index (χ0n) is 10.8. The summed E-state index contributed by atoms with van der Waals surface area (Å²) in [4.78, 5) is 14.5. The van der Waals surface area contributed by atoms with Crippen molar-refractivity contribution in [3.05, 3.63) is 22.2 Å². The highest BCUT2D eigenvalue weighted by Gasteiger charge is 2.11. The van der Waals surface area contributed by atoms with Crippen LogP contribution in [-0.4, -0.2) is 36.2 Å². The van der Waals surface area contributed by atoms with Crippen LogP contribution >= 0.6 is 0 Å². The first-order chi connectivity index (χ1) is 8.56. The fraction of sp³-hybridized carbons (Fsp3) is 0.545. The normalized spacial score (nSPS) is 11.9. The number of rotatable bonds is 7. The third kappa shape index (κ3) is 4.17. The van der Waals surface area contributed by atoms with Crippen molar-refractivity contribution in [2.45, 2.75) is 20.0 Å². The second kappa shape index (κ2) is 6.75. The SMILES string of the molecule is CCOC(C)CNc1cc([N+](=O)[O-])cc(NC)n1. The Kier molecular flexibility index (Phi) is 5.31. The van der Waals surface area contributed by atoms with Gasteiger partial charge < -0.3 is 15.4 Å². The van der Waals surface area contributed by atoms with Crippen molar-refractivity contribution in [1.82, 2.24) is 4.98 Å². The summed E-state index contributed by atoms with van der Waals surface area (Å²) in [6.45, 7) is 5.02. The summed E-state index contributed by atoms with van der Waals surface area (Å²) in [7, 11) is 1.67. The first-order valence-corrected chi connectivity index (χ1v) is 5.76. The molecule has 0 fully saturated rings. The van der Waals surface area contributed by atoms with Crippen LogP contribution in [0.25, 0.3) is 0 Å². The molecule has 1 rings (SSSR count). The van der Waals surface area contributed by atoms with E-state index in [0.29, 0.717) is 24.8 Å². The van der Waals surface area contributed by atoms with Gasteiger partial charge in [-0.2, -0.15) is 0 Å². The molecule has 2 N–H and O–H groups in total. The molecule has 1 unspecified atom stereocenters. The number of nitrogens with zero attached hydrogens (tertiary/aromatic N) is 2. The smallest absolute Gasteiger partial charge is 0.276 e. The number of ether oxygens (including phenoxy) is 1. The van der Waals surface area contributed by atoms with Gasteiger partial charge in [0.1, 0.15) is 11.6 Å². The molecule has 18 heavy (non-hydrogen) atoms. The number of nitro groups is 1. The molecule has 0 aromatic carbocycles. The van der Waals surface area contributed by atoms with E-state index in [9.17, 15) is 10.1 Å². The van der Waals surface area contributed by atoms with Crippen LogP contribution in [0, 0.1) is 10.1 Å². The molecule has 0 aliphatic rings. The summed E-state index contributed by atoms with van der Waals surface area (Å²) in [5, 5.41) is 16.6. The van der Waals surface area contributed by atoms with E-state index in [4.69, 9.17) is 4.74 Å². The molecule has 0 radical (unpaired) electrons. The van der Waals surface area contributed by atoms with Crippen molar-refractivity contribution in [2.75, 3.05) is 30.8 Å². The van der Waals surface area contributed by atoms with Crippen molar-refractivity contribution in [3.63, 3.8) is 0 Å². The molecule has 1 aromatic heterocycles. The lowest BCUT2D eigenvalue weighted by atomic mass is 10.3. The van der Waals surface area contributed by atoms with Crippen LogP contribution in [0.15, 0.2) is 12.1 Å². The van der Waals surface area contributed by atoms with Gasteiger partial charge in [-0.15, -0.1) is 0 Å². The standard InChI is InChI=1S/C11H18N4O3/c1-4-18-8(2)7-13-11-6-9(15(16)17)5-10(12-3)14-11/h5-6,8H,4,7H2,1-3H3,(H2,12,13,14). The molecular weight excluding hydrogens is 236 g/mol. The van der Waals surface area contributed by atoms with E-state index >= 15 is 0 Å². The van der Waals surface area contributed by atoms with Gasteiger partial charge in [-0.1, -0.05) is 0 Å². The van der Waals surface area contributed by atoms with Crippen LogP contribution in [0.3, 0.4) is 0 Å². The Labute approximate surface area is 106 Å². The maximum absolute atomic E-state index is 10.8. The van der Waals surface area contributed by atoms with E-state index in [-0.39, 0.29) is 11.8 Å². The maximum Gasteiger partial charge on any atom is 0.276 e. The Hall–Kier alpha value is -1.89. The molecule has 0 saturated heterocycles. The summed E-state index contributed by atoms with van der Waals surface area (Å²) < 4.78 is 5.36. The Morgan fingerprint density at radius 2 is 2.17 bits per heavy atom. The van der Waals surface area contributed by atoms with Gasteiger partial charge in [-0.3, -0.25) is 10.1 Å². The first-order valence-electron chi connectivity index (χ1n) is 5.76. The van der Waals surface area contributed by atoms with Crippen molar-refractivity contribution < 1.29 is 9.66 Å². The lowest BCUT2D eigenvalue weighted by Crippen LogP contribution is -2.20. The Morgan fingerprint density at radius 1 is 1.50 bits per heavy atom. The molecule has 1 atom stereocenters. The van der Waals surface area contributed by atoms with Crippen LogP contribution in [-0.2, 0) is 4.74 Å². The lowest BCUT2D eigenvalue weighted by molar-refractivity contribution is -0.384. The van der Waals surface area contributed by atoms with Gasteiger partial charge >= 0.3 is 0 Å². The van der Waals surface area contributed by atoms with Crippen molar-refractivity contribution in [3.8, 4) is 0 Å². The van der Waals surface area contributed by atoms with Gasteiger partial charge in [0, 0.05) is 20.2 Å². The summed E-state index contributed by atoms with van der Waals surface area (Å²) in [6.07, 6.45) is 0.0223. The van der Waals surface area contributed by atoms with Crippen LogP contribution in [0.4, 0.5) is 17.3 Å². The van der Waals surface area contributed by atoms with Crippen LogP contribution < -0.4 is 10.6 Å². The molecule has 100 valence electrons. The Morgan fingerprint density at radius 3 is 2.72 bits per heavy atom. The highest BCUT2D eigenvalue weighted by molar-refractivity contribution is 5.54. The number of nitrogens with one attached hydrogen (secondary N) is 2. The second-order valence-corrected chi connectivity index (χ2v) is 3.75. The summed E-state index contributed by atoms with van der Waals surface area (Å²) >= 11 is 0. The van der Waals surface area contributed by atoms with Crippen molar-refractivity contribution in [2.24, 2.45) is 0 Å². The van der Waals surface area contributed by atoms with Crippen LogP contribution in [0.5, 0.6) is 0 Å². The molecule has 1 heterocycles. The van der Waals surface area contributed by atoms with E-state index < -0.39 is 4.92 Å². The van der Waals surface area contributed by atoms with Crippen LogP contribution in [0.2, 0.25) is 0 Å². The van der Waals surface area contributed by atoms with Gasteiger partial charge in [0.05, 0.1) is 23.2 Å². The largest absolute Gasteiger partial charge is 0.377 e. The average Bonchev–Trinajstić information content (AvgIpc) is 2.36. The zero-order chi connectivity index (χ0) is 13.5. The zero-order valence-corrected chi connectivity index (χ0v) is 10.8. The minimum absolute atomic E-state index is 0.000845. The van der Waals surface area contributed by atoms with E-state index in [1.807, 2.05) is 13.8 Å². The average molecular weight is 254 g/mol. The molecule has 7 heteroatoms. The quantitative estimate of drug-likeness (QED) is 0.570. The number of anilines is 2. The van der Waals surface area contributed by atoms with Crippen LogP contribution in [0.1, 0.15) is 13.8 Å². The number of aromatic nitrogens is 1. The summed E-state index contributed by atoms with van der Waals surface area (Å²) in [5.74, 6) is 0.913. The number of pyridine rings is 1. The molecule has 0 aliphatic carbocycles. The van der Waals surface area contributed by atoms with E-state index in [2.05, 4.69) is 15.6 Å². The number of hydrogen-bond donors (Lipinski definition) is 2. The monoisotopic (exact) mass is 254 g/mol. The topological polar surface area (TPSA) is 89.3 Å². The molecule has 0 aliphatic heterocycles. The summed E-state index contributed by atoms with van der Waals surface area (Å²) in [6, 6.07) is 2.79. The number of hydrogen-bond acceptors (Lipinski definition) is 6. The summed E-state index contributed by atoms with van der Waals surface area (Å²) in [5.41, 5.74) is 0.000845. The fourth-order valence-corrected chi connectivity index (χ4v) is 1.43.